The van der Waals surface area contributed by atoms with Crippen LogP contribution in [0.5, 0.6) is 5.88 Å². The van der Waals surface area contributed by atoms with E-state index in [0.29, 0.717) is 19.0 Å². The van der Waals surface area contributed by atoms with Gasteiger partial charge in [-0.2, -0.15) is 0 Å². The van der Waals surface area contributed by atoms with Crippen molar-refractivity contribution in [1.82, 2.24) is 4.98 Å². The predicted octanol–water partition coefficient (Wildman–Crippen LogP) is 1.24. The number of nitrogens with two attached hydrogens (primary N) is 1. The first-order chi connectivity index (χ1) is 6.77. The van der Waals surface area contributed by atoms with Gasteiger partial charge in [-0.25, -0.2) is 4.98 Å². The molecule has 0 radical (unpaired) electrons. The number of ether oxygens (including phenoxy) is 1. The summed E-state index contributed by atoms with van der Waals surface area (Å²) in [6.45, 7) is 5.15. The second kappa shape index (κ2) is 5.44. The molecule has 1 aromatic heterocycles. The molecule has 4 heteroatoms. The zero-order chi connectivity index (χ0) is 10.4. The summed E-state index contributed by atoms with van der Waals surface area (Å²) in [5.41, 5.74) is 6.42. The van der Waals surface area contributed by atoms with E-state index in [-0.39, 0.29) is 6.04 Å². The fraction of sp³-hybridized carbons (Fsp3) is 0.500. The van der Waals surface area contributed by atoms with Crippen molar-refractivity contribution in [3.05, 3.63) is 18.3 Å². The highest BCUT2D eigenvalue weighted by atomic mass is 16.5. The molecule has 0 saturated heterocycles. The van der Waals surface area contributed by atoms with E-state index >= 15 is 0 Å². The maximum Gasteiger partial charge on any atom is 0.237 e. The number of hydrogen-bond donors (Lipinski definition) is 2. The van der Waals surface area contributed by atoms with Crippen molar-refractivity contribution in [2.45, 2.75) is 19.9 Å². The van der Waals surface area contributed by atoms with Crippen molar-refractivity contribution < 1.29 is 4.74 Å². The van der Waals surface area contributed by atoms with Crippen molar-refractivity contribution in [3.63, 3.8) is 0 Å². The molecule has 0 aliphatic rings. The van der Waals surface area contributed by atoms with Crippen LogP contribution < -0.4 is 15.8 Å². The minimum absolute atomic E-state index is 0.221. The van der Waals surface area contributed by atoms with E-state index in [9.17, 15) is 0 Å². The van der Waals surface area contributed by atoms with Crippen LogP contribution in [0.15, 0.2) is 18.3 Å². The van der Waals surface area contributed by atoms with Crippen LogP contribution in [-0.4, -0.2) is 24.2 Å². The van der Waals surface area contributed by atoms with E-state index in [1.807, 2.05) is 26.0 Å². The van der Waals surface area contributed by atoms with E-state index < -0.39 is 0 Å². The first-order valence-corrected chi connectivity index (χ1v) is 4.82. The monoisotopic (exact) mass is 195 g/mol. The Morgan fingerprint density at radius 2 is 2.43 bits per heavy atom. The number of nitrogens with one attached hydrogen (secondary N) is 1. The molecule has 78 valence electrons. The van der Waals surface area contributed by atoms with Gasteiger partial charge in [0, 0.05) is 18.8 Å². The van der Waals surface area contributed by atoms with Gasteiger partial charge in [0.2, 0.25) is 5.88 Å². The molecule has 0 spiro atoms. The lowest BCUT2D eigenvalue weighted by atomic mass is 10.3. The van der Waals surface area contributed by atoms with Gasteiger partial charge in [-0.1, -0.05) is 0 Å². The summed E-state index contributed by atoms with van der Waals surface area (Å²) >= 11 is 0. The number of pyridine rings is 1. The second-order valence-electron chi connectivity index (χ2n) is 3.07. The molecule has 0 saturated carbocycles. The van der Waals surface area contributed by atoms with Crippen LogP contribution in [0.2, 0.25) is 0 Å². The zero-order valence-electron chi connectivity index (χ0n) is 8.66. The molecule has 14 heavy (non-hydrogen) atoms. The maximum atomic E-state index is 5.52. The number of rotatable bonds is 5. The molecule has 0 fully saturated rings. The summed E-state index contributed by atoms with van der Waals surface area (Å²) in [6, 6.07) is 4.02. The lowest BCUT2D eigenvalue weighted by Crippen LogP contribution is -2.25. The molecule has 1 atom stereocenters. The molecule has 1 rings (SSSR count). The van der Waals surface area contributed by atoms with Crippen molar-refractivity contribution in [2.24, 2.45) is 5.73 Å². The number of anilines is 1. The summed E-state index contributed by atoms with van der Waals surface area (Å²) in [7, 11) is 0. The largest absolute Gasteiger partial charge is 0.476 e. The van der Waals surface area contributed by atoms with Crippen LogP contribution >= 0.6 is 0 Å². The van der Waals surface area contributed by atoms with Crippen molar-refractivity contribution in [2.75, 3.05) is 18.5 Å². The van der Waals surface area contributed by atoms with Gasteiger partial charge < -0.3 is 15.8 Å². The molecule has 1 heterocycles. The molecule has 0 aromatic carbocycles. The molecule has 4 nitrogen and oxygen atoms in total. The summed E-state index contributed by atoms with van der Waals surface area (Å²) in [4.78, 5) is 4.13. The molecular weight excluding hydrogens is 178 g/mol. The Labute approximate surface area is 84.5 Å². The van der Waals surface area contributed by atoms with Crippen molar-refractivity contribution in [3.8, 4) is 5.88 Å². The quantitative estimate of drug-likeness (QED) is 0.742. The molecule has 0 bridgehead atoms. The fourth-order valence-electron chi connectivity index (χ4n) is 1.08. The third-order valence-corrected chi connectivity index (χ3v) is 1.81. The zero-order valence-corrected chi connectivity index (χ0v) is 8.66. The number of nitrogens with zero attached hydrogens (tertiary/aromatic N) is 1. The summed E-state index contributed by atoms with van der Waals surface area (Å²) in [5, 5.41) is 3.23. The minimum Gasteiger partial charge on any atom is -0.476 e. The third-order valence-electron chi connectivity index (χ3n) is 1.81. The summed E-state index contributed by atoms with van der Waals surface area (Å²) in [5.74, 6) is 0.635. The topological polar surface area (TPSA) is 60.2 Å². The van der Waals surface area contributed by atoms with Crippen molar-refractivity contribution in [1.29, 1.82) is 0 Å². The Balaban J connectivity index is 2.73. The lowest BCUT2D eigenvalue weighted by Gasteiger charge is -2.15. The van der Waals surface area contributed by atoms with Crippen LogP contribution in [0, 0.1) is 0 Å². The third kappa shape index (κ3) is 2.88. The highest BCUT2D eigenvalue weighted by molar-refractivity contribution is 5.52. The smallest absolute Gasteiger partial charge is 0.237 e. The Kier molecular flexibility index (Phi) is 4.19. The molecule has 0 aliphatic carbocycles. The van der Waals surface area contributed by atoms with Gasteiger partial charge in [-0.05, 0) is 26.0 Å². The Morgan fingerprint density at radius 3 is 3.07 bits per heavy atom. The highest BCUT2D eigenvalue weighted by Gasteiger charge is 2.05. The van der Waals surface area contributed by atoms with Gasteiger partial charge in [0.05, 0.1) is 12.3 Å². The van der Waals surface area contributed by atoms with Gasteiger partial charge in [0.1, 0.15) is 0 Å². The van der Waals surface area contributed by atoms with Crippen LogP contribution in [0.3, 0.4) is 0 Å². The van der Waals surface area contributed by atoms with E-state index in [4.69, 9.17) is 10.5 Å². The molecular formula is C10H17N3O. The maximum absolute atomic E-state index is 5.52. The molecule has 1 unspecified atom stereocenters. The van der Waals surface area contributed by atoms with E-state index in [1.54, 1.807) is 6.20 Å². The van der Waals surface area contributed by atoms with Crippen molar-refractivity contribution >= 4 is 5.69 Å². The van der Waals surface area contributed by atoms with Gasteiger partial charge in [0.25, 0.3) is 0 Å². The Bertz CT molecular complexity index is 278. The van der Waals surface area contributed by atoms with Crippen LogP contribution in [0.1, 0.15) is 13.8 Å². The standard InChI is InChI=1S/C10H17N3O/c1-3-14-10-9(5-4-6-12-10)13-8(2)7-11/h4-6,8,13H,3,7,11H2,1-2H3. The number of aromatic nitrogens is 1. The SMILES string of the molecule is CCOc1ncccc1NC(C)CN. The Morgan fingerprint density at radius 1 is 1.64 bits per heavy atom. The average molecular weight is 195 g/mol. The number of hydrogen-bond acceptors (Lipinski definition) is 4. The van der Waals surface area contributed by atoms with Crippen LogP contribution in [-0.2, 0) is 0 Å². The Hall–Kier alpha value is -1.29. The van der Waals surface area contributed by atoms with Gasteiger partial charge >= 0.3 is 0 Å². The van der Waals surface area contributed by atoms with Gasteiger partial charge in [-0.15, -0.1) is 0 Å². The average Bonchev–Trinajstić information content (AvgIpc) is 2.21. The first-order valence-electron chi connectivity index (χ1n) is 4.82. The highest BCUT2D eigenvalue weighted by Crippen LogP contribution is 2.20. The lowest BCUT2D eigenvalue weighted by molar-refractivity contribution is 0.328. The fourth-order valence-corrected chi connectivity index (χ4v) is 1.08. The van der Waals surface area contributed by atoms with E-state index in [2.05, 4.69) is 10.3 Å². The van der Waals surface area contributed by atoms with E-state index in [0.717, 1.165) is 5.69 Å². The molecule has 3 N–H and O–H groups in total. The summed E-state index contributed by atoms with van der Waals surface area (Å²) < 4.78 is 5.37. The summed E-state index contributed by atoms with van der Waals surface area (Å²) in [6.07, 6.45) is 1.71. The predicted molar refractivity (Wildman–Crippen MR) is 57.5 cm³/mol. The second-order valence-corrected chi connectivity index (χ2v) is 3.07. The first kappa shape index (κ1) is 10.8. The minimum atomic E-state index is 0.221. The molecule has 0 amide bonds. The van der Waals surface area contributed by atoms with E-state index in [1.165, 1.54) is 0 Å². The van der Waals surface area contributed by atoms with Crippen LogP contribution in [0.25, 0.3) is 0 Å². The van der Waals surface area contributed by atoms with Gasteiger partial charge in [0.15, 0.2) is 0 Å². The van der Waals surface area contributed by atoms with Gasteiger partial charge in [-0.3, -0.25) is 0 Å². The normalized spacial score (nSPS) is 12.2. The van der Waals surface area contributed by atoms with Crippen LogP contribution in [0.4, 0.5) is 5.69 Å². The molecule has 0 aliphatic heterocycles. The molecule has 1 aromatic rings.